The highest BCUT2D eigenvalue weighted by Crippen LogP contribution is 2.10. The molecule has 0 aliphatic heterocycles. The Balaban J connectivity index is 2.64. The molecule has 0 atom stereocenters. The van der Waals surface area contributed by atoms with Crippen LogP contribution in [0.5, 0.6) is 0 Å². The second-order valence-corrected chi connectivity index (χ2v) is 2.85. The second kappa shape index (κ2) is 4.40. The molecule has 0 saturated heterocycles. The monoisotopic (exact) mass is 175 g/mol. The summed E-state index contributed by atoms with van der Waals surface area (Å²) in [6.45, 7) is 3.72. The van der Waals surface area contributed by atoms with E-state index in [1.54, 1.807) is 31.6 Å². The number of pyridine rings is 1. The van der Waals surface area contributed by atoms with Crippen LogP contribution in [-0.2, 0) is 0 Å². The fraction of sp³-hybridized carbons (Fsp3) is 0.200. The highest BCUT2D eigenvalue weighted by atomic mass is 14.8. The van der Waals surface area contributed by atoms with E-state index in [1.807, 2.05) is 13.0 Å². The molecular weight excluding hydrogens is 162 g/mol. The summed E-state index contributed by atoms with van der Waals surface area (Å²) in [4.78, 5) is 3.98. The van der Waals surface area contributed by atoms with Gasteiger partial charge >= 0.3 is 0 Å². The van der Waals surface area contributed by atoms with Gasteiger partial charge in [-0.3, -0.25) is 4.98 Å². The summed E-state index contributed by atoms with van der Waals surface area (Å²) in [6, 6.07) is 1.90. The van der Waals surface area contributed by atoms with E-state index in [4.69, 9.17) is 5.41 Å². The topological polar surface area (TPSA) is 48.8 Å². The molecule has 1 rings (SSSR count). The maximum atomic E-state index is 7.17. The van der Waals surface area contributed by atoms with E-state index >= 15 is 0 Å². The Morgan fingerprint density at radius 3 is 3.00 bits per heavy atom. The van der Waals surface area contributed by atoms with Crippen molar-refractivity contribution in [2.75, 3.05) is 5.32 Å². The number of nitrogens with one attached hydrogen (secondary N) is 2. The number of aromatic nitrogens is 1. The first-order chi connectivity index (χ1) is 6.20. The molecule has 3 heteroatoms. The van der Waals surface area contributed by atoms with Crippen molar-refractivity contribution in [3.05, 3.63) is 36.3 Å². The maximum Gasteiger partial charge on any atom is 0.0440 e. The molecule has 1 heterocycles. The lowest BCUT2D eigenvalue weighted by molar-refractivity contribution is 1.26. The van der Waals surface area contributed by atoms with Crippen LogP contribution in [0.4, 0.5) is 5.69 Å². The van der Waals surface area contributed by atoms with Crippen LogP contribution < -0.4 is 5.32 Å². The predicted octanol–water partition coefficient (Wildman–Crippen LogP) is 2.36. The number of hydrogen-bond acceptors (Lipinski definition) is 3. The van der Waals surface area contributed by atoms with Crippen molar-refractivity contribution in [2.24, 2.45) is 0 Å². The van der Waals surface area contributed by atoms with Crippen LogP contribution in [0.1, 0.15) is 12.5 Å². The molecule has 0 unspecified atom stereocenters. The first kappa shape index (κ1) is 9.45. The maximum absolute atomic E-state index is 7.17. The molecule has 3 nitrogen and oxygen atoms in total. The molecule has 2 N–H and O–H groups in total. The molecule has 0 amide bonds. The van der Waals surface area contributed by atoms with Crippen LogP contribution >= 0.6 is 0 Å². The average molecular weight is 175 g/mol. The highest BCUT2D eigenvalue weighted by molar-refractivity contribution is 5.90. The van der Waals surface area contributed by atoms with Gasteiger partial charge in [-0.1, -0.05) is 0 Å². The Bertz CT molecular complexity index is 329. The lowest BCUT2D eigenvalue weighted by atomic mass is 10.2. The Morgan fingerprint density at radius 1 is 1.62 bits per heavy atom. The molecule has 0 aliphatic rings. The van der Waals surface area contributed by atoms with Crippen molar-refractivity contribution in [2.45, 2.75) is 13.8 Å². The van der Waals surface area contributed by atoms with Gasteiger partial charge in [-0.05, 0) is 31.6 Å². The summed E-state index contributed by atoms with van der Waals surface area (Å²) in [7, 11) is 0. The van der Waals surface area contributed by atoms with E-state index in [0.29, 0.717) is 5.71 Å². The van der Waals surface area contributed by atoms with E-state index < -0.39 is 0 Å². The van der Waals surface area contributed by atoms with Crippen molar-refractivity contribution in [1.29, 1.82) is 5.41 Å². The lowest BCUT2D eigenvalue weighted by Crippen LogP contribution is -1.92. The molecule has 0 fully saturated rings. The summed E-state index contributed by atoms with van der Waals surface area (Å²) in [5, 5.41) is 10.3. The molecule has 0 aromatic carbocycles. The molecule has 0 saturated carbocycles. The second-order valence-electron chi connectivity index (χ2n) is 2.85. The van der Waals surface area contributed by atoms with Crippen LogP contribution in [0.2, 0.25) is 0 Å². The van der Waals surface area contributed by atoms with Crippen molar-refractivity contribution in [3.8, 4) is 0 Å². The van der Waals surface area contributed by atoms with E-state index in [1.165, 1.54) is 0 Å². The third kappa shape index (κ3) is 3.07. The van der Waals surface area contributed by atoms with Crippen LogP contribution in [0.3, 0.4) is 0 Å². The molecular formula is C10H13N3. The average Bonchev–Trinajstić information content (AvgIpc) is 2.08. The summed E-state index contributed by atoms with van der Waals surface area (Å²) < 4.78 is 0. The standard InChI is InChI=1S/C10H13N3/c1-8-7-12-5-4-10(8)13-6-3-9(2)11/h3-7,11H,1-2H3,(H,12,13)/b6-3-,11-9?. The van der Waals surface area contributed by atoms with E-state index in [2.05, 4.69) is 10.3 Å². The molecule has 0 spiro atoms. The fourth-order valence-corrected chi connectivity index (χ4v) is 0.892. The van der Waals surface area contributed by atoms with Gasteiger partial charge < -0.3 is 10.7 Å². The Labute approximate surface area is 78.0 Å². The van der Waals surface area contributed by atoms with Crippen molar-refractivity contribution in [3.63, 3.8) is 0 Å². The Morgan fingerprint density at radius 2 is 2.38 bits per heavy atom. The lowest BCUT2D eigenvalue weighted by Gasteiger charge is -2.02. The fourth-order valence-electron chi connectivity index (χ4n) is 0.892. The van der Waals surface area contributed by atoms with Crippen LogP contribution in [-0.4, -0.2) is 10.7 Å². The molecule has 1 aromatic rings. The van der Waals surface area contributed by atoms with Gasteiger partial charge in [-0.2, -0.15) is 0 Å². The predicted molar refractivity (Wildman–Crippen MR) is 55.1 cm³/mol. The number of rotatable bonds is 3. The first-order valence-corrected chi connectivity index (χ1v) is 4.09. The van der Waals surface area contributed by atoms with Gasteiger partial charge in [0.05, 0.1) is 0 Å². The SMILES string of the molecule is CC(=N)/C=C\Nc1ccncc1C. The van der Waals surface area contributed by atoms with Crippen LogP contribution in [0.25, 0.3) is 0 Å². The van der Waals surface area contributed by atoms with Crippen molar-refractivity contribution < 1.29 is 0 Å². The smallest absolute Gasteiger partial charge is 0.0440 e. The largest absolute Gasteiger partial charge is 0.361 e. The van der Waals surface area contributed by atoms with Gasteiger partial charge in [0.25, 0.3) is 0 Å². The third-order valence-corrected chi connectivity index (χ3v) is 1.59. The number of hydrogen-bond donors (Lipinski definition) is 2. The summed E-state index contributed by atoms with van der Waals surface area (Å²) in [6.07, 6.45) is 7.00. The summed E-state index contributed by atoms with van der Waals surface area (Å²) >= 11 is 0. The van der Waals surface area contributed by atoms with E-state index in [0.717, 1.165) is 11.3 Å². The number of allylic oxidation sites excluding steroid dienone is 1. The van der Waals surface area contributed by atoms with Crippen molar-refractivity contribution >= 4 is 11.4 Å². The van der Waals surface area contributed by atoms with E-state index in [-0.39, 0.29) is 0 Å². The Kier molecular flexibility index (Phi) is 3.20. The minimum Gasteiger partial charge on any atom is -0.361 e. The summed E-state index contributed by atoms with van der Waals surface area (Å²) in [5.41, 5.74) is 2.64. The summed E-state index contributed by atoms with van der Waals surface area (Å²) in [5.74, 6) is 0. The molecule has 68 valence electrons. The molecule has 0 bridgehead atoms. The first-order valence-electron chi connectivity index (χ1n) is 4.09. The van der Waals surface area contributed by atoms with Gasteiger partial charge in [-0.15, -0.1) is 0 Å². The molecule has 13 heavy (non-hydrogen) atoms. The minimum atomic E-state index is 0.527. The van der Waals surface area contributed by atoms with Gasteiger partial charge in [0.2, 0.25) is 0 Å². The molecule has 0 radical (unpaired) electrons. The van der Waals surface area contributed by atoms with Gasteiger partial charge in [-0.25, -0.2) is 0 Å². The van der Waals surface area contributed by atoms with Gasteiger partial charge in [0.15, 0.2) is 0 Å². The Hall–Kier alpha value is -1.64. The van der Waals surface area contributed by atoms with E-state index in [9.17, 15) is 0 Å². The van der Waals surface area contributed by atoms with Crippen LogP contribution in [0, 0.1) is 12.3 Å². The minimum absolute atomic E-state index is 0.527. The zero-order valence-corrected chi connectivity index (χ0v) is 7.83. The quantitative estimate of drug-likeness (QED) is 0.693. The molecule has 0 aliphatic carbocycles. The normalized spacial score (nSPS) is 10.3. The highest BCUT2D eigenvalue weighted by Gasteiger charge is 1.92. The number of aryl methyl sites for hydroxylation is 1. The van der Waals surface area contributed by atoms with Crippen LogP contribution in [0.15, 0.2) is 30.7 Å². The van der Waals surface area contributed by atoms with Gasteiger partial charge in [0.1, 0.15) is 0 Å². The number of nitrogens with zero attached hydrogens (tertiary/aromatic N) is 1. The third-order valence-electron chi connectivity index (χ3n) is 1.59. The zero-order valence-electron chi connectivity index (χ0n) is 7.83. The van der Waals surface area contributed by atoms with Gasteiger partial charge in [0, 0.05) is 30.0 Å². The molecule has 1 aromatic heterocycles. The van der Waals surface area contributed by atoms with Crippen molar-refractivity contribution in [1.82, 2.24) is 4.98 Å². The number of anilines is 1. The zero-order chi connectivity index (χ0) is 9.68.